The number of alkyl halides is 3. The summed E-state index contributed by atoms with van der Waals surface area (Å²) in [5.41, 5.74) is 0.270. The van der Waals surface area contributed by atoms with E-state index in [9.17, 15) is 27.6 Å². The molecule has 45 heavy (non-hydrogen) atoms. The second-order valence-corrected chi connectivity index (χ2v) is 11.1. The molecule has 2 saturated heterocycles. The summed E-state index contributed by atoms with van der Waals surface area (Å²) in [4.78, 5) is 51.1. The zero-order valence-corrected chi connectivity index (χ0v) is 26.5. The van der Waals surface area contributed by atoms with Gasteiger partial charge in [-0.3, -0.25) is 24.2 Å². The first-order valence-corrected chi connectivity index (χ1v) is 14.7. The van der Waals surface area contributed by atoms with E-state index < -0.39 is 29.6 Å². The molecule has 0 aliphatic carbocycles. The summed E-state index contributed by atoms with van der Waals surface area (Å²) in [6.45, 7) is 10.3. The van der Waals surface area contributed by atoms with Gasteiger partial charge in [0.15, 0.2) is 0 Å². The number of para-hydroxylation sites is 1. The molecule has 0 radical (unpaired) electrons. The molecule has 14 heteroatoms. The van der Waals surface area contributed by atoms with Crippen LogP contribution in [0.2, 0.25) is 5.02 Å². The van der Waals surface area contributed by atoms with E-state index in [0.717, 1.165) is 30.1 Å². The smallest absolute Gasteiger partial charge is 0.370 e. The maximum Gasteiger partial charge on any atom is 0.416 e. The van der Waals surface area contributed by atoms with Crippen molar-refractivity contribution in [3.8, 4) is 6.07 Å². The van der Waals surface area contributed by atoms with Crippen LogP contribution in [0.4, 0.5) is 30.4 Å². The molecule has 1 aromatic heterocycles. The monoisotopic (exact) mass is 647 g/mol. The van der Waals surface area contributed by atoms with Gasteiger partial charge in [-0.15, -0.1) is 0 Å². The van der Waals surface area contributed by atoms with E-state index in [4.69, 9.17) is 16.9 Å². The fraction of sp³-hybridized carbons (Fsp3) is 0.452. The third-order valence-electron chi connectivity index (χ3n) is 7.66. The van der Waals surface area contributed by atoms with Gasteiger partial charge < -0.3 is 14.7 Å². The Balaban J connectivity index is 0.00000177. The first kappa shape index (κ1) is 35.3. The number of aromatic nitrogens is 1. The fourth-order valence-electron chi connectivity index (χ4n) is 5.36. The van der Waals surface area contributed by atoms with Gasteiger partial charge in [-0.25, -0.2) is 4.98 Å². The summed E-state index contributed by atoms with van der Waals surface area (Å²) in [5.74, 6) is -1.21. The standard InChI is InChI=1S/C29H34ClF3N6O3.C2H3N/c1-5-25(40)38-15-13-37(14-16-38)12-11-35(3)27-21(30)7-6-8-22(27)36(4)28(42)23-9-10-26(41)39(23)24-18-20(29(31,32)33)17-19(2)34-24;1-2-3/h5-8,17-18,23H,1,9-16H2,2-4H3;1H3. The van der Waals surface area contributed by atoms with Crippen LogP contribution in [0.15, 0.2) is 43.0 Å². The molecule has 3 heterocycles. The highest BCUT2D eigenvalue weighted by Gasteiger charge is 2.41. The van der Waals surface area contributed by atoms with Gasteiger partial charge in [-0.1, -0.05) is 24.2 Å². The first-order valence-electron chi connectivity index (χ1n) is 14.3. The lowest BCUT2D eigenvalue weighted by Crippen LogP contribution is -2.49. The van der Waals surface area contributed by atoms with Crippen LogP contribution in [0.3, 0.4) is 0 Å². The number of hydrogen-bond acceptors (Lipinski definition) is 7. The van der Waals surface area contributed by atoms with Crippen LogP contribution in [-0.4, -0.2) is 91.9 Å². The normalized spacial score (nSPS) is 16.9. The van der Waals surface area contributed by atoms with Crippen LogP contribution in [-0.2, 0) is 20.6 Å². The second kappa shape index (κ2) is 15.2. The third-order valence-corrected chi connectivity index (χ3v) is 7.97. The average Bonchev–Trinajstić information content (AvgIpc) is 3.39. The van der Waals surface area contributed by atoms with Gasteiger partial charge in [0.05, 0.1) is 28.0 Å². The van der Waals surface area contributed by atoms with Crippen molar-refractivity contribution in [3.63, 3.8) is 0 Å². The number of piperazine rings is 1. The maximum atomic E-state index is 13.8. The molecule has 2 aliphatic heterocycles. The summed E-state index contributed by atoms with van der Waals surface area (Å²) in [6.07, 6.45) is -3.16. The number of benzene rings is 1. The number of halogens is 4. The Morgan fingerprint density at radius 2 is 1.84 bits per heavy atom. The zero-order valence-electron chi connectivity index (χ0n) is 25.8. The molecule has 10 nitrogen and oxygen atoms in total. The van der Waals surface area contributed by atoms with E-state index in [1.807, 2.05) is 11.9 Å². The molecular formula is C31H37ClF3N7O3. The summed E-state index contributed by atoms with van der Waals surface area (Å²) in [5, 5.41) is 7.74. The number of aryl methyl sites for hydroxylation is 1. The lowest BCUT2D eigenvalue weighted by molar-refractivity contribution is -0.137. The minimum absolute atomic E-state index is 0.00911. The Morgan fingerprint density at radius 3 is 2.44 bits per heavy atom. The van der Waals surface area contributed by atoms with Crippen molar-refractivity contribution >= 4 is 46.5 Å². The van der Waals surface area contributed by atoms with Gasteiger partial charge in [-0.2, -0.15) is 18.4 Å². The Hall–Kier alpha value is -4.15. The predicted octanol–water partition coefficient (Wildman–Crippen LogP) is 4.52. The first-order chi connectivity index (χ1) is 21.2. The number of rotatable bonds is 8. The SMILES string of the molecule is C=CC(=O)N1CCN(CCN(C)c2c(Cl)cccc2N(C)C(=O)C2CCC(=O)N2c2cc(C(F)(F)F)cc(C)n2)CC1.CC#N. The average molecular weight is 648 g/mol. The van der Waals surface area contributed by atoms with Crippen molar-refractivity contribution in [2.45, 2.75) is 38.9 Å². The van der Waals surface area contributed by atoms with E-state index in [1.54, 1.807) is 36.2 Å². The number of likely N-dealkylation sites (N-methyl/N-ethyl adjacent to an activating group) is 2. The van der Waals surface area contributed by atoms with Gasteiger partial charge in [0, 0.05) is 72.4 Å². The van der Waals surface area contributed by atoms with Gasteiger partial charge in [0.1, 0.15) is 11.9 Å². The number of pyridine rings is 1. The summed E-state index contributed by atoms with van der Waals surface area (Å²) in [7, 11) is 3.42. The predicted molar refractivity (Wildman–Crippen MR) is 167 cm³/mol. The van der Waals surface area contributed by atoms with Crippen LogP contribution < -0.4 is 14.7 Å². The molecule has 0 spiro atoms. The summed E-state index contributed by atoms with van der Waals surface area (Å²) < 4.78 is 40.5. The van der Waals surface area contributed by atoms with Crippen molar-refractivity contribution in [2.75, 3.05) is 68.1 Å². The summed E-state index contributed by atoms with van der Waals surface area (Å²) >= 11 is 6.62. The molecule has 1 unspecified atom stereocenters. The molecule has 1 aromatic carbocycles. The molecule has 242 valence electrons. The highest BCUT2D eigenvalue weighted by atomic mass is 35.5. The second-order valence-electron chi connectivity index (χ2n) is 10.7. The Kier molecular flexibility index (Phi) is 12.0. The quantitative estimate of drug-likeness (QED) is 0.388. The van der Waals surface area contributed by atoms with Gasteiger partial charge >= 0.3 is 6.18 Å². The lowest BCUT2D eigenvalue weighted by atomic mass is 10.1. The highest BCUT2D eigenvalue weighted by Crippen LogP contribution is 2.38. The van der Waals surface area contributed by atoms with Crippen molar-refractivity contribution in [1.29, 1.82) is 5.26 Å². The van der Waals surface area contributed by atoms with Crippen molar-refractivity contribution in [2.24, 2.45) is 0 Å². The van der Waals surface area contributed by atoms with Crippen LogP contribution in [0.1, 0.15) is 31.0 Å². The largest absolute Gasteiger partial charge is 0.416 e. The number of hydrogen-bond donors (Lipinski definition) is 0. The number of carbonyl (C=O) groups excluding carboxylic acids is 3. The van der Waals surface area contributed by atoms with E-state index in [-0.39, 0.29) is 30.3 Å². The van der Waals surface area contributed by atoms with E-state index >= 15 is 0 Å². The number of nitriles is 1. The molecule has 0 bridgehead atoms. The topological polar surface area (TPSA) is 104 Å². The number of carbonyl (C=O) groups is 3. The Labute approximate surface area is 266 Å². The van der Waals surface area contributed by atoms with Crippen LogP contribution in [0.25, 0.3) is 0 Å². The number of amides is 3. The Morgan fingerprint density at radius 1 is 1.20 bits per heavy atom. The maximum absolute atomic E-state index is 13.8. The van der Waals surface area contributed by atoms with Crippen LogP contribution in [0.5, 0.6) is 0 Å². The molecule has 1 atom stereocenters. The molecule has 0 N–H and O–H groups in total. The van der Waals surface area contributed by atoms with Crippen molar-refractivity contribution < 1.29 is 27.6 Å². The van der Waals surface area contributed by atoms with E-state index in [1.165, 1.54) is 24.8 Å². The minimum atomic E-state index is -4.63. The van der Waals surface area contributed by atoms with Gasteiger partial charge in [-0.05, 0) is 43.7 Å². The molecule has 2 fully saturated rings. The fourth-order valence-corrected chi connectivity index (χ4v) is 5.68. The van der Waals surface area contributed by atoms with Crippen LogP contribution in [0, 0.1) is 18.3 Å². The van der Waals surface area contributed by atoms with Crippen molar-refractivity contribution in [1.82, 2.24) is 14.8 Å². The van der Waals surface area contributed by atoms with E-state index in [2.05, 4.69) is 16.5 Å². The van der Waals surface area contributed by atoms with E-state index in [0.29, 0.717) is 42.6 Å². The Bertz CT molecular complexity index is 1450. The molecule has 4 rings (SSSR count). The zero-order chi connectivity index (χ0) is 33.5. The molecule has 2 aliphatic rings. The summed E-state index contributed by atoms with van der Waals surface area (Å²) in [6, 6.07) is 7.61. The highest BCUT2D eigenvalue weighted by molar-refractivity contribution is 6.34. The third kappa shape index (κ3) is 8.52. The lowest BCUT2D eigenvalue weighted by Gasteiger charge is -2.36. The molecule has 0 saturated carbocycles. The van der Waals surface area contributed by atoms with Gasteiger partial charge in [0.25, 0.3) is 0 Å². The molecule has 2 aromatic rings. The minimum Gasteiger partial charge on any atom is -0.370 e. The van der Waals surface area contributed by atoms with Gasteiger partial charge in [0.2, 0.25) is 17.7 Å². The molecular weight excluding hydrogens is 611 g/mol. The number of nitrogens with zero attached hydrogens (tertiary/aromatic N) is 7. The van der Waals surface area contributed by atoms with Crippen LogP contribution >= 0.6 is 11.6 Å². The van der Waals surface area contributed by atoms with Crippen molar-refractivity contribution in [3.05, 3.63) is 59.3 Å². The number of anilines is 3. The molecule has 3 amide bonds.